The van der Waals surface area contributed by atoms with Crippen LogP contribution in [-0.2, 0) is 6.42 Å². The minimum absolute atomic E-state index is 0.609. The number of H-pyrrole nitrogens is 1. The molecule has 2 aromatic carbocycles. The number of nitrogens with one attached hydrogen (secondary N) is 3. The van der Waals surface area contributed by atoms with E-state index in [1.165, 1.54) is 22.2 Å². The van der Waals surface area contributed by atoms with Crippen LogP contribution in [0.1, 0.15) is 16.8 Å². The maximum atomic E-state index is 6.13. The zero-order chi connectivity index (χ0) is 17.1. The van der Waals surface area contributed by atoms with Crippen molar-refractivity contribution in [3.63, 3.8) is 0 Å². The third kappa shape index (κ3) is 3.55. The molecule has 24 heavy (non-hydrogen) atoms. The highest BCUT2D eigenvalue weighted by molar-refractivity contribution is 7.80. The predicted molar refractivity (Wildman–Crippen MR) is 107 cm³/mol. The van der Waals surface area contributed by atoms with Crippen LogP contribution in [-0.4, -0.2) is 16.6 Å². The van der Waals surface area contributed by atoms with Crippen LogP contribution in [0.5, 0.6) is 0 Å². The van der Waals surface area contributed by atoms with Crippen molar-refractivity contribution in [2.75, 3.05) is 11.9 Å². The summed E-state index contributed by atoms with van der Waals surface area (Å²) < 4.78 is 0. The Labute approximate surface area is 152 Å². The van der Waals surface area contributed by atoms with E-state index < -0.39 is 0 Å². The number of benzene rings is 2. The van der Waals surface area contributed by atoms with Gasteiger partial charge in [-0.25, -0.2) is 0 Å². The van der Waals surface area contributed by atoms with Gasteiger partial charge in [-0.3, -0.25) is 0 Å². The number of aryl methyl sites for hydroxylation is 1. The Bertz CT molecular complexity index is 885. The number of para-hydroxylation sites is 1. The lowest BCUT2D eigenvalue weighted by Gasteiger charge is -2.13. The molecule has 0 spiro atoms. The van der Waals surface area contributed by atoms with Crippen molar-refractivity contribution in [1.82, 2.24) is 10.3 Å². The second-order valence-electron chi connectivity index (χ2n) is 5.82. The maximum absolute atomic E-state index is 6.13. The van der Waals surface area contributed by atoms with Crippen LogP contribution in [0.4, 0.5) is 5.69 Å². The largest absolute Gasteiger partial charge is 0.362 e. The molecule has 0 bridgehead atoms. The fourth-order valence-corrected chi connectivity index (χ4v) is 3.25. The van der Waals surface area contributed by atoms with Crippen LogP contribution in [0.15, 0.2) is 42.5 Å². The van der Waals surface area contributed by atoms with Gasteiger partial charge in [0.05, 0.1) is 0 Å². The van der Waals surface area contributed by atoms with E-state index in [-0.39, 0.29) is 0 Å². The second-order valence-corrected chi connectivity index (χ2v) is 6.63. The molecule has 1 heterocycles. The predicted octanol–water partition coefficient (Wildman–Crippen LogP) is 4.97. The lowest BCUT2D eigenvalue weighted by Crippen LogP contribution is -2.30. The summed E-state index contributed by atoms with van der Waals surface area (Å²) in [6, 6.07) is 14.1. The van der Waals surface area contributed by atoms with Crippen molar-refractivity contribution in [1.29, 1.82) is 0 Å². The summed E-state index contributed by atoms with van der Waals surface area (Å²) >= 11 is 11.5. The van der Waals surface area contributed by atoms with Crippen molar-refractivity contribution < 1.29 is 0 Å². The number of hydrogen-bond acceptors (Lipinski definition) is 1. The van der Waals surface area contributed by atoms with E-state index in [9.17, 15) is 0 Å². The van der Waals surface area contributed by atoms with Crippen LogP contribution >= 0.6 is 23.8 Å². The van der Waals surface area contributed by atoms with Gasteiger partial charge in [-0.15, -0.1) is 0 Å². The first-order valence-corrected chi connectivity index (χ1v) is 8.71. The van der Waals surface area contributed by atoms with Crippen LogP contribution in [0.3, 0.4) is 0 Å². The van der Waals surface area contributed by atoms with Gasteiger partial charge in [-0.1, -0.05) is 35.9 Å². The van der Waals surface area contributed by atoms with Crippen LogP contribution in [0.25, 0.3) is 10.9 Å². The molecule has 0 radical (unpaired) electrons. The Hall–Kier alpha value is -2.04. The van der Waals surface area contributed by atoms with Crippen LogP contribution < -0.4 is 10.6 Å². The highest BCUT2D eigenvalue weighted by Gasteiger charge is 2.08. The SMILES string of the molecule is Cc1[nH]c2ccccc2c1CCNC(=S)Nc1cccc(Cl)c1C. The normalized spacial score (nSPS) is 10.8. The number of hydrogen-bond donors (Lipinski definition) is 3. The number of aromatic amines is 1. The highest BCUT2D eigenvalue weighted by atomic mass is 35.5. The van der Waals surface area contributed by atoms with Crippen molar-refractivity contribution in [3.8, 4) is 0 Å². The van der Waals surface area contributed by atoms with Gasteiger partial charge in [0.2, 0.25) is 0 Å². The molecular weight excluding hydrogens is 338 g/mol. The van der Waals surface area contributed by atoms with E-state index in [0.29, 0.717) is 5.11 Å². The monoisotopic (exact) mass is 357 g/mol. The molecule has 0 saturated carbocycles. The molecule has 0 aliphatic carbocycles. The first kappa shape index (κ1) is 16.8. The van der Waals surface area contributed by atoms with E-state index >= 15 is 0 Å². The molecule has 0 aliphatic heterocycles. The van der Waals surface area contributed by atoms with Gasteiger partial charge in [-0.05, 0) is 61.8 Å². The smallest absolute Gasteiger partial charge is 0.170 e. The molecule has 1 aromatic heterocycles. The van der Waals surface area contributed by atoms with E-state index in [1.54, 1.807) is 0 Å². The number of rotatable bonds is 4. The van der Waals surface area contributed by atoms with Crippen LogP contribution in [0.2, 0.25) is 5.02 Å². The second kappa shape index (κ2) is 7.24. The number of aromatic nitrogens is 1. The van der Waals surface area contributed by atoms with Gasteiger partial charge in [0, 0.05) is 33.9 Å². The number of thiocarbonyl (C=S) groups is 1. The highest BCUT2D eigenvalue weighted by Crippen LogP contribution is 2.23. The molecule has 5 heteroatoms. The molecule has 0 fully saturated rings. The average molecular weight is 358 g/mol. The molecule has 3 nitrogen and oxygen atoms in total. The van der Waals surface area contributed by atoms with Gasteiger partial charge in [0.25, 0.3) is 0 Å². The first-order valence-electron chi connectivity index (χ1n) is 7.92. The van der Waals surface area contributed by atoms with Crippen molar-refractivity contribution >= 4 is 45.5 Å². The summed E-state index contributed by atoms with van der Waals surface area (Å²) in [5, 5.41) is 9.10. The first-order chi connectivity index (χ1) is 11.6. The topological polar surface area (TPSA) is 39.9 Å². The maximum Gasteiger partial charge on any atom is 0.170 e. The Kier molecular flexibility index (Phi) is 5.07. The zero-order valence-corrected chi connectivity index (χ0v) is 15.3. The van der Waals surface area contributed by atoms with Crippen molar-refractivity contribution in [3.05, 3.63) is 64.3 Å². The van der Waals surface area contributed by atoms with Crippen LogP contribution in [0, 0.1) is 13.8 Å². The molecule has 0 atom stereocenters. The number of fused-ring (bicyclic) bond motifs is 1. The molecule has 0 unspecified atom stereocenters. The Morgan fingerprint density at radius 3 is 2.75 bits per heavy atom. The summed E-state index contributed by atoms with van der Waals surface area (Å²) in [5.74, 6) is 0. The summed E-state index contributed by atoms with van der Waals surface area (Å²) in [4.78, 5) is 3.43. The molecule has 0 saturated heterocycles. The van der Waals surface area contributed by atoms with E-state index in [2.05, 4.69) is 40.7 Å². The molecule has 0 amide bonds. The molecule has 124 valence electrons. The summed E-state index contributed by atoms with van der Waals surface area (Å²) in [6.45, 7) is 4.86. The molecule has 3 N–H and O–H groups in total. The number of anilines is 1. The standard InChI is InChI=1S/C19H20ClN3S/c1-12-16(20)7-5-9-17(12)23-19(24)21-11-10-14-13(2)22-18-8-4-3-6-15(14)18/h3-9,22H,10-11H2,1-2H3,(H2,21,23,24). The van der Waals surface area contributed by atoms with Crippen molar-refractivity contribution in [2.24, 2.45) is 0 Å². The Balaban J connectivity index is 1.60. The van der Waals surface area contributed by atoms with Crippen molar-refractivity contribution in [2.45, 2.75) is 20.3 Å². The quantitative estimate of drug-likeness (QED) is 0.577. The average Bonchev–Trinajstić information content (AvgIpc) is 2.88. The third-order valence-corrected chi connectivity index (χ3v) is 4.86. The van der Waals surface area contributed by atoms with Gasteiger partial charge in [0.15, 0.2) is 5.11 Å². The Morgan fingerprint density at radius 1 is 1.12 bits per heavy atom. The molecule has 3 aromatic rings. The zero-order valence-electron chi connectivity index (χ0n) is 13.7. The lowest BCUT2D eigenvalue weighted by molar-refractivity contribution is 0.871. The van der Waals surface area contributed by atoms with Gasteiger partial charge < -0.3 is 15.6 Å². The summed E-state index contributed by atoms with van der Waals surface area (Å²) in [5.41, 5.74) is 5.65. The summed E-state index contributed by atoms with van der Waals surface area (Å²) in [7, 11) is 0. The lowest BCUT2D eigenvalue weighted by atomic mass is 10.1. The fraction of sp³-hybridized carbons (Fsp3) is 0.211. The molecule has 3 rings (SSSR count). The minimum Gasteiger partial charge on any atom is -0.362 e. The van der Waals surface area contributed by atoms with E-state index in [0.717, 1.165) is 29.2 Å². The Morgan fingerprint density at radius 2 is 1.92 bits per heavy atom. The molecular formula is C19H20ClN3S. The minimum atomic E-state index is 0.609. The van der Waals surface area contributed by atoms with Gasteiger partial charge >= 0.3 is 0 Å². The fourth-order valence-electron chi connectivity index (χ4n) is 2.87. The van der Waals surface area contributed by atoms with E-state index in [1.807, 2.05) is 31.2 Å². The third-order valence-electron chi connectivity index (χ3n) is 4.20. The summed E-state index contributed by atoms with van der Waals surface area (Å²) in [6.07, 6.45) is 0.909. The van der Waals surface area contributed by atoms with E-state index in [4.69, 9.17) is 23.8 Å². The molecule has 0 aliphatic rings. The van der Waals surface area contributed by atoms with Gasteiger partial charge in [-0.2, -0.15) is 0 Å². The number of halogens is 1. The van der Waals surface area contributed by atoms with Gasteiger partial charge in [0.1, 0.15) is 0 Å².